The summed E-state index contributed by atoms with van der Waals surface area (Å²) in [6.07, 6.45) is -4.56. The molecule has 0 atom stereocenters. The Morgan fingerprint density at radius 2 is 1.83 bits per heavy atom. The fraction of sp³-hybridized carbons (Fsp3) is 0.312. The third-order valence-electron chi connectivity index (χ3n) is 3.07. The lowest BCUT2D eigenvalue weighted by Crippen LogP contribution is -2.18. The van der Waals surface area contributed by atoms with Crippen molar-refractivity contribution in [3.8, 4) is 0 Å². The number of nitrogens with one attached hydrogen (secondary N) is 2. The fourth-order valence-corrected chi connectivity index (χ4v) is 1.88. The van der Waals surface area contributed by atoms with Gasteiger partial charge in [0.2, 0.25) is 0 Å². The second kappa shape index (κ2) is 7.29. The summed E-state index contributed by atoms with van der Waals surface area (Å²) in [5.41, 5.74) is -1.30. The molecular weight excluding hydrogens is 321 g/mol. The van der Waals surface area contributed by atoms with E-state index in [9.17, 15) is 18.0 Å². The molecule has 1 aromatic carbocycles. The van der Waals surface area contributed by atoms with E-state index >= 15 is 0 Å². The number of halogens is 3. The Hall–Kier alpha value is -2.64. The Kier molecular flexibility index (Phi) is 5.38. The van der Waals surface area contributed by atoms with Gasteiger partial charge in [-0.15, -0.1) is 10.2 Å². The molecule has 0 saturated carbocycles. The van der Waals surface area contributed by atoms with Crippen LogP contribution in [0.4, 0.5) is 24.7 Å². The Bertz CT molecular complexity index is 699. The van der Waals surface area contributed by atoms with Crippen molar-refractivity contribution in [2.75, 3.05) is 17.2 Å². The maximum atomic E-state index is 12.9. The summed E-state index contributed by atoms with van der Waals surface area (Å²) in [6.45, 7) is 4.75. The molecule has 1 heterocycles. The number of hydrogen-bond donors (Lipinski definition) is 2. The lowest BCUT2D eigenvalue weighted by molar-refractivity contribution is -0.136. The summed E-state index contributed by atoms with van der Waals surface area (Å²) in [5.74, 6) is 0.152. The largest absolute Gasteiger partial charge is 0.418 e. The zero-order chi connectivity index (χ0) is 17.7. The minimum absolute atomic E-state index is 0.0675. The van der Waals surface area contributed by atoms with Gasteiger partial charge >= 0.3 is 6.18 Å². The molecule has 24 heavy (non-hydrogen) atoms. The molecule has 0 aliphatic rings. The predicted octanol–water partition coefficient (Wildman–Crippen LogP) is 3.82. The van der Waals surface area contributed by atoms with Gasteiger partial charge in [-0.2, -0.15) is 13.2 Å². The first-order valence-electron chi connectivity index (χ1n) is 7.32. The molecule has 0 bridgehead atoms. The lowest BCUT2D eigenvalue weighted by atomic mass is 10.1. The number of aromatic nitrogens is 2. The topological polar surface area (TPSA) is 66.9 Å². The van der Waals surface area contributed by atoms with E-state index in [2.05, 4.69) is 20.8 Å². The van der Waals surface area contributed by atoms with Gasteiger partial charge in [0.25, 0.3) is 5.91 Å². The monoisotopic (exact) mass is 338 g/mol. The number of amides is 1. The highest BCUT2D eigenvalue weighted by atomic mass is 19.4. The van der Waals surface area contributed by atoms with Crippen molar-refractivity contribution in [2.24, 2.45) is 5.92 Å². The van der Waals surface area contributed by atoms with E-state index in [1.807, 2.05) is 13.8 Å². The van der Waals surface area contributed by atoms with Crippen molar-refractivity contribution in [1.29, 1.82) is 0 Å². The van der Waals surface area contributed by atoms with Gasteiger partial charge < -0.3 is 10.6 Å². The van der Waals surface area contributed by atoms with Crippen LogP contribution in [0.3, 0.4) is 0 Å². The van der Waals surface area contributed by atoms with E-state index in [4.69, 9.17) is 0 Å². The summed E-state index contributed by atoms with van der Waals surface area (Å²) in [7, 11) is 0. The molecule has 5 nitrogen and oxygen atoms in total. The summed E-state index contributed by atoms with van der Waals surface area (Å²) in [6, 6.07) is 7.72. The number of carbonyl (C=O) groups excluding carboxylic acids is 1. The smallest absolute Gasteiger partial charge is 0.368 e. The molecule has 0 saturated heterocycles. The molecule has 0 unspecified atom stereocenters. The number of anilines is 2. The molecule has 0 aliphatic heterocycles. The number of benzene rings is 1. The van der Waals surface area contributed by atoms with Crippen LogP contribution in [-0.4, -0.2) is 22.6 Å². The molecule has 0 aliphatic carbocycles. The summed E-state index contributed by atoms with van der Waals surface area (Å²) in [4.78, 5) is 12.1. The Morgan fingerprint density at radius 3 is 2.42 bits per heavy atom. The van der Waals surface area contributed by atoms with Crippen molar-refractivity contribution < 1.29 is 18.0 Å². The number of nitrogens with zero attached hydrogens (tertiary/aromatic N) is 2. The van der Waals surface area contributed by atoms with E-state index in [1.54, 1.807) is 6.07 Å². The molecule has 0 fully saturated rings. The molecule has 2 rings (SSSR count). The van der Waals surface area contributed by atoms with Gasteiger partial charge in [0.15, 0.2) is 5.69 Å². The third kappa shape index (κ3) is 4.68. The normalized spacial score (nSPS) is 11.4. The minimum Gasteiger partial charge on any atom is -0.368 e. The summed E-state index contributed by atoms with van der Waals surface area (Å²) >= 11 is 0. The highest BCUT2D eigenvalue weighted by molar-refractivity contribution is 6.03. The van der Waals surface area contributed by atoms with Crippen LogP contribution in [0.15, 0.2) is 36.4 Å². The predicted molar refractivity (Wildman–Crippen MR) is 84.8 cm³/mol. The van der Waals surface area contributed by atoms with E-state index in [-0.39, 0.29) is 11.4 Å². The van der Waals surface area contributed by atoms with Crippen LogP contribution in [0.5, 0.6) is 0 Å². The van der Waals surface area contributed by atoms with Gasteiger partial charge in [-0.1, -0.05) is 26.0 Å². The summed E-state index contributed by atoms with van der Waals surface area (Å²) < 4.78 is 38.7. The first-order valence-corrected chi connectivity index (χ1v) is 7.32. The lowest BCUT2D eigenvalue weighted by Gasteiger charge is -2.13. The van der Waals surface area contributed by atoms with Crippen LogP contribution >= 0.6 is 0 Å². The van der Waals surface area contributed by atoms with E-state index in [1.165, 1.54) is 24.3 Å². The number of rotatable bonds is 5. The first-order chi connectivity index (χ1) is 11.3. The minimum atomic E-state index is -4.56. The molecule has 128 valence electrons. The second-order valence-electron chi connectivity index (χ2n) is 5.58. The van der Waals surface area contributed by atoms with Crippen LogP contribution in [0.1, 0.15) is 29.9 Å². The van der Waals surface area contributed by atoms with Crippen molar-refractivity contribution in [2.45, 2.75) is 20.0 Å². The van der Waals surface area contributed by atoms with Gasteiger partial charge in [0.05, 0.1) is 11.3 Å². The van der Waals surface area contributed by atoms with Gasteiger partial charge in [0.1, 0.15) is 5.82 Å². The average molecular weight is 338 g/mol. The van der Waals surface area contributed by atoms with E-state index in [0.29, 0.717) is 18.3 Å². The van der Waals surface area contributed by atoms with Crippen LogP contribution < -0.4 is 10.6 Å². The standard InChI is InChI=1S/C16H17F3N4O/c1-10(2)9-20-14-8-7-13(22-23-14)15(24)21-12-6-4-3-5-11(12)16(17,18)19/h3-8,10H,9H2,1-2H3,(H,20,23)(H,21,24). The van der Waals surface area contributed by atoms with Crippen LogP contribution in [0.2, 0.25) is 0 Å². The fourth-order valence-electron chi connectivity index (χ4n) is 1.88. The number of carbonyl (C=O) groups is 1. The van der Waals surface area contributed by atoms with Crippen LogP contribution in [0, 0.1) is 5.92 Å². The van der Waals surface area contributed by atoms with E-state index < -0.39 is 17.6 Å². The quantitative estimate of drug-likeness (QED) is 0.870. The van der Waals surface area contributed by atoms with Crippen LogP contribution in [0.25, 0.3) is 0 Å². The molecule has 2 aromatic rings. The van der Waals surface area contributed by atoms with Gasteiger partial charge in [0, 0.05) is 6.54 Å². The maximum absolute atomic E-state index is 12.9. The van der Waals surface area contributed by atoms with Crippen molar-refractivity contribution in [1.82, 2.24) is 10.2 Å². The molecular formula is C16H17F3N4O. The van der Waals surface area contributed by atoms with Gasteiger partial charge in [-0.3, -0.25) is 4.79 Å². The average Bonchev–Trinajstić information content (AvgIpc) is 2.53. The maximum Gasteiger partial charge on any atom is 0.418 e. The molecule has 1 amide bonds. The summed E-state index contributed by atoms with van der Waals surface area (Å²) in [5, 5.41) is 12.8. The number of hydrogen-bond acceptors (Lipinski definition) is 4. The number of para-hydroxylation sites is 1. The SMILES string of the molecule is CC(C)CNc1ccc(C(=O)Nc2ccccc2C(F)(F)F)nn1. The highest BCUT2D eigenvalue weighted by Gasteiger charge is 2.33. The zero-order valence-electron chi connectivity index (χ0n) is 13.2. The highest BCUT2D eigenvalue weighted by Crippen LogP contribution is 2.34. The molecule has 1 aromatic heterocycles. The van der Waals surface area contributed by atoms with E-state index in [0.717, 1.165) is 6.07 Å². The molecule has 0 spiro atoms. The number of alkyl halides is 3. The third-order valence-corrected chi connectivity index (χ3v) is 3.07. The Morgan fingerprint density at radius 1 is 1.12 bits per heavy atom. The Balaban J connectivity index is 2.11. The molecule has 0 radical (unpaired) electrons. The van der Waals surface area contributed by atoms with Gasteiger partial charge in [-0.05, 0) is 30.2 Å². The molecule has 2 N–H and O–H groups in total. The first kappa shape index (κ1) is 17.7. The van der Waals surface area contributed by atoms with Gasteiger partial charge in [-0.25, -0.2) is 0 Å². The van der Waals surface area contributed by atoms with Crippen molar-refractivity contribution >= 4 is 17.4 Å². The Labute approximate surface area is 137 Å². The van der Waals surface area contributed by atoms with Crippen molar-refractivity contribution in [3.05, 3.63) is 47.7 Å². The van der Waals surface area contributed by atoms with Crippen molar-refractivity contribution in [3.63, 3.8) is 0 Å². The van der Waals surface area contributed by atoms with Crippen LogP contribution in [-0.2, 0) is 6.18 Å². The molecule has 8 heteroatoms. The second-order valence-corrected chi connectivity index (χ2v) is 5.58. The zero-order valence-corrected chi connectivity index (χ0v) is 13.2.